The highest BCUT2D eigenvalue weighted by Crippen LogP contribution is 2.23. The van der Waals surface area contributed by atoms with Crippen LogP contribution in [-0.4, -0.2) is 36.8 Å². The maximum atomic E-state index is 12.1. The summed E-state index contributed by atoms with van der Waals surface area (Å²) in [5.74, 6) is -2.04. The molecule has 0 radical (unpaired) electrons. The number of nitrogens with one attached hydrogen (secondary N) is 1. The standard InChI is InChI=1S/C16H23NO5/c1-5-22-16(20)14(13(10(2)3)15(18)19)17-11-6-8-12(21-4)9-7-11/h6-10,13-14,17H,5H2,1-4H3,(H,18,19)/t13-,14+/m1/s1. The highest BCUT2D eigenvalue weighted by Gasteiger charge is 2.37. The number of aliphatic carboxylic acids is 1. The molecule has 1 aromatic rings. The van der Waals surface area contributed by atoms with Gasteiger partial charge in [-0.25, -0.2) is 4.79 Å². The molecule has 22 heavy (non-hydrogen) atoms. The molecule has 1 aromatic carbocycles. The Balaban J connectivity index is 3.02. The van der Waals surface area contributed by atoms with Gasteiger partial charge in [0, 0.05) is 5.69 Å². The highest BCUT2D eigenvalue weighted by atomic mass is 16.5. The van der Waals surface area contributed by atoms with E-state index in [4.69, 9.17) is 9.47 Å². The Morgan fingerprint density at radius 3 is 2.23 bits per heavy atom. The molecule has 6 heteroatoms. The van der Waals surface area contributed by atoms with Gasteiger partial charge in [-0.15, -0.1) is 0 Å². The van der Waals surface area contributed by atoms with Crippen LogP contribution in [0.25, 0.3) is 0 Å². The zero-order chi connectivity index (χ0) is 16.7. The number of carbonyl (C=O) groups is 2. The predicted octanol–water partition coefficient (Wildman–Crippen LogP) is 2.40. The summed E-state index contributed by atoms with van der Waals surface area (Å²) in [6, 6.07) is 5.96. The van der Waals surface area contributed by atoms with E-state index in [-0.39, 0.29) is 12.5 Å². The van der Waals surface area contributed by atoms with Crippen LogP contribution < -0.4 is 10.1 Å². The van der Waals surface area contributed by atoms with Crippen molar-refractivity contribution in [2.24, 2.45) is 11.8 Å². The SMILES string of the molecule is CCOC(=O)[C@@H](Nc1ccc(OC)cc1)[C@H](C(=O)O)C(C)C. The van der Waals surface area contributed by atoms with E-state index in [1.807, 2.05) is 0 Å². The van der Waals surface area contributed by atoms with Crippen LogP contribution in [0.4, 0.5) is 5.69 Å². The maximum absolute atomic E-state index is 12.1. The number of methoxy groups -OCH3 is 1. The highest BCUT2D eigenvalue weighted by molar-refractivity contribution is 5.86. The Morgan fingerprint density at radius 1 is 1.23 bits per heavy atom. The third-order valence-corrected chi connectivity index (χ3v) is 3.32. The molecular weight excluding hydrogens is 286 g/mol. The molecule has 0 aliphatic rings. The van der Waals surface area contributed by atoms with Crippen molar-refractivity contribution in [1.82, 2.24) is 0 Å². The summed E-state index contributed by atoms with van der Waals surface area (Å²) in [6.07, 6.45) is 0. The molecule has 0 aromatic heterocycles. The quantitative estimate of drug-likeness (QED) is 0.717. The van der Waals surface area contributed by atoms with Gasteiger partial charge in [0.25, 0.3) is 0 Å². The Labute approximate surface area is 130 Å². The van der Waals surface area contributed by atoms with Crippen LogP contribution in [0.1, 0.15) is 20.8 Å². The van der Waals surface area contributed by atoms with Crippen molar-refractivity contribution < 1.29 is 24.2 Å². The number of esters is 1. The van der Waals surface area contributed by atoms with Gasteiger partial charge in [0.15, 0.2) is 0 Å². The van der Waals surface area contributed by atoms with Gasteiger partial charge in [0.2, 0.25) is 0 Å². The molecule has 6 nitrogen and oxygen atoms in total. The molecule has 0 aliphatic heterocycles. The van der Waals surface area contributed by atoms with E-state index >= 15 is 0 Å². The Morgan fingerprint density at radius 2 is 1.82 bits per heavy atom. The molecule has 1 rings (SSSR count). The smallest absolute Gasteiger partial charge is 0.329 e. The van der Waals surface area contributed by atoms with Crippen molar-refractivity contribution in [1.29, 1.82) is 0 Å². The molecule has 0 fully saturated rings. The predicted molar refractivity (Wildman–Crippen MR) is 83.0 cm³/mol. The van der Waals surface area contributed by atoms with Crippen LogP contribution in [0.5, 0.6) is 5.75 Å². The summed E-state index contributed by atoms with van der Waals surface area (Å²) in [6.45, 7) is 5.42. The van der Waals surface area contributed by atoms with E-state index < -0.39 is 23.9 Å². The molecule has 0 saturated heterocycles. The number of carbonyl (C=O) groups excluding carboxylic acids is 1. The van der Waals surface area contributed by atoms with Gasteiger partial charge in [-0.05, 0) is 37.1 Å². The molecule has 0 heterocycles. The minimum atomic E-state index is -1.03. The summed E-state index contributed by atoms with van der Waals surface area (Å²) >= 11 is 0. The Kier molecular flexibility index (Phi) is 6.69. The van der Waals surface area contributed by atoms with E-state index in [1.165, 1.54) is 0 Å². The fourth-order valence-electron chi connectivity index (χ4n) is 2.21. The number of carboxylic acids is 1. The second kappa shape index (κ2) is 8.26. The molecular formula is C16H23NO5. The first kappa shape index (κ1) is 17.8. The van der Waals surface area contributed by atoms with Crippen molar-refractivity contribution in [2.45, 2.75) is 26.8 Å². The maximum Gasteiger partial charge on any atom is 0.329 e. The summed E-state index contributed by atoms with van der Waals surface area (Å²) in [5.41, 5.74) is 0.630. The molecule has 2 atom stereocenters. The van der Waals surface area contributed by atoms with Crippen LogP contribution in [0.3, 0.4) is 0 Å². The fourth-order valence-corrected chi connectivity index (χ4v) is 2.21. The number of rotatable bonds is 8. The number of carboxylic acid groups (broad SMARTS) is 1. The molecule has 0 unspecified atom stereocenters. The summed E-state index contributed by atoms with van der Waals surface area (Å²) in [4.78, 5) is 23.7. The Bertz CT molecular complexity index is 498. The lowest BCUT2D eigenvalue weighted by molar-refractivity contribution is -0.153. The second-order valence-corrected chi connectivity index (χ2v) is 5.21. The third kappa shape index (κ3) is 4.65. The van der Waals surface area contributed by atoms with Crippen molar-refractivity contribution in [3.8, 4) is 5.75 Å². The number of ether oxygens (including phenoxy) is 2. The minimum absolute atomic E-state index is 0.198. The molecule has 0 amide bonds. The van der Waals surface area contributed by atoms with Crippen LogP contribution in [0.2, 0.25) is 0 Å². The van der Waals surface area contributed by atoms with Crippen LogP contribution >= 0.6 is 0 Å². The van der Waals surface area contributed by atoms with E-state index in [0.29, 0.717) is 11.4 Å². The van der Waals surface area contributed by atoms with Gasteiger partial charge in [0.1, 0.15) is 11.8 Å². The molecule has 0 bridgehead atoms. The number of benzene rings is 1. The first-order valence-electron chi connectivity index (χ1n) is 7.20. The number of hydrogen-bond donors (Lipinski definition) is 2. The van der Waals surface area contributed by atoms with E-state index in [0.717, 1.165) is 0 Å². The average Bonchev–Trinajstić information content (AvgIpc) is 2.46. The molecule has 0 aliphatic carbocycles. The normalized spacial score (nSPS) is 13.3. The van der Waals surface area contributed by atoms with Crippen molar-refractivity contribution >= 4 is 17.6 Å². The minimum Gasteiger partial charge on any atom is -0.497 e. The zero-order valence-electron chi connectivity index (χ0n) is 13.3. The summed E-state index contributed by atoms with van der Waals surface area (Å²) in [7, 11) is 1.56. The van der Waals surface area contributed by atoms with Crippen molar-refractivity contribution in [3.05, 3.63) is 24.3 Å². The monoisotopic (exact) mass is 309 g/mol. The van der Waals surface area contributed by atoms with Gasteiger partial charge < -0.3 is 19.9 Å². The lowest BCUT2D eigenvalue weighted by atomic mass is 9.88. The zero-order valence-corrected chi connectivity index (χ0v) is 13.3. The molecule has 0 saturated carbocycles. The van der Waals surface area contributed by atoms with E-state index in [9.17, 15) is 14.7 Å². The van der Waals surface area contributed by atoms with Crippen LogP contribution in [-0.2, 0) is 14.3 Å². The van der Waals surface area contributed by atoms with Crippen LogP contribution in [0.15, 0.2) is 24.3 Å². The lowest BCUT2D eigenvalue weighted by Crippen LogP contribution is -2.44. The fraction of sp³-hybridized carbons (Fsp3) is 0.500. The van der Waals surface area contributed by atoms with Gasteiger partial charge in [-0.2, -0.15) is 0 Å². The first-order chi connectivity index (χ1) is 10.4. The largest absolute Gasteiger partial charge is 0.497 e. The van der Waals surface area contributed by atoms with Crippen molar-refractivity contribution in [2.75, 3.05) is 19.0 Å². The molecule has 0 spiro atoms. The number of hydrogen-bond acceptors (Lipinski definition) is 5. The lowest BCUT2D eigenvalue weighted by Gasteiger charge is -2.26. The average molecular weight is 309 g/mol. The molecule has 122 valence electrons. The topological polar surface area (TPSA) is 84.9 Å². The summed E-state index contributed by atoms with van der Waals surface area (Å²) < 4.78 is 10.1. The second-order valence-electron chi connectivity index (χ2n) is 5.21. The summed E-state index contributed by atoms with van der Waals surface area (Å²) in [5, 5.41) is 12.4. The van der Waals surface area contributed by atoms with Gasteiger partial charge >= 0.3 is 11.9 Å². The van der Waals surface area contributed by atoms with Gasteiger partial charge in [-0.1, -0.05) is 13.8 Å². The number of anilines is 1. The Hall–Kier alpha value is -2.24. The van der Waals surface area contributed by atoms with Crippen molar-refractivity contribution in [3.63, 3.8) is 0 Å². The molecule has 2 N–H and O–H groups in total. The van der Waals surface area contributed by atoms with Gasteiger partial charge in [0.05, 0.1) is 19.6 Å². The van der Waals surface area contributed by atoms with E-state index in [2.05, 4.69) is 5.32 Å². The third-order valence-electron chi connectivity index (χ3n) is 3.32. The van der Waals surface area contributed by atoms with Gasteiger partial charge in [-0.3, -0.25) is 4.79 Å². The van der Waals surface area contributed by atoms with Crippen LogP contribution in [0, 0.1) is 11.8 Å². The van der Waals surface area contributed by atoms with E-state index in [1.54, 1.807) is 52.1 Å². The first-order valence-corrected chi connectivity index (χ1v) is 7.20.